The number of nitrogens with two attached hydrogens (primary N) is 1. The Morgan fingerprint density at radius 2 is 1.50 bits per heavy atom. The normalized spacial score (nSPS) is 10.6. The van der Waals surface area contributed by atoms with Gasteiger partial charge in [0.25, 0.3) is 5.56 Å². The number of rotatable bonds is 5. The monoisotopic (exact) mass is 396 g/mol. The van der Waals surface area contributed by atoms with Crippen molar-refractivity contribution in [3.8, 4) is 22.3 Å². The Morgan fingerprint density at radius 1 is 0.929 bits per heavy atom. The molecule has 0 aliphatic rings. The van der Waals surface area contributed by atoms with E-state index in [1.165, 1.54) is 0 Å². The van der Waals surface area contributed by atoms with Crippen molar-refractivity contribution in [2.24, 2.45) is 0 Å². The predicted molar refractivity (Wildman–Crippen MR) is 108 cm³/mol. The van der Waals surface area contributed by atoms with Crippen molar-refractivity contribution in [1.29, 1.82) is 0 Å². The Balaban J connectivity index is 2.41. The van der Waals surface area contributed by atoms with Crippen LogP contribution in [0.2, 0.25) is 0 Å². The number of hydrogen-bond donors (Lipinski definition) is 4. The number of carbonyl (C=O) groups is 2. The van der Waals surface area contributed by atoms with Gasteiger partial charge < -0.3 is 20.9 Å². The molecule has 0 aliphatic heterocycles. The molecule has 1 heterocycles. The molecule has 142 valence electrons. The van der Waals surface area contributed by atoms with Crippen LogP contribution in [0.25, 0.3) is 22.3 Å². The van der Waals surface area contributed by atoms with Gasteiger partial charge in [-0.2, -0.15) is 0 Å². The first-order chi connectivity index (χ1) is 13.3. The van der Waals surface area contributed by atoms with Crippen molar-refractivity contribution < 1.29 is 19.8 Å². The summed E-state index contributed by atoms with van der Waals surface area (Å²) in [5, 5.41) is 19.2. The maximum Gasteiger partial charge on any atom is 0.342 e. The zero-order valence-corrected chi connectivity index (χ0v) is 15.5. The SMILES string of the molecule is CSc1ccc(-c2ccccc2-c2c(C(=O)O)c(N)[nH]c(=O)c2C(=O)O)cc1. The molecule has 8 heteroatoms. The molecule has 0 atom stereocenters. The number of aromatic nitrogens is 1. The van der Waals surface area contributed by atoms with Crippen LogP contribution in [-0.2, 0) is 0 Å². The van der Waals surface area contributed by atoms with Crippen molar-refractivity contribution in [2.45, 2.75) is 4.90 Å². The van der Waals surface area contributed by atoms with E-state index in [0.29, 0.717) is 11.1 Å². The highest BCUT2D eigenvalue weighted by Crippen LogP contribution is 2.37. The average molecular weight is 396 g/mol. The number of anilines is 1. The second-order valence-corrected chi connectivity index (χ2v) is 6.76. The van der Waals surface area contributed by atoms with Crippen LogP contribution in [0.1, 0.15) is 20.7 Å². The Labute approximate surface area is 163 Å². The maximum atomic E-state index is 12.3. The van der Waals surface area contributed by atoms with Gasteiger partial charge in [-0.3, -0.25) is 4.79 Å². The molecule has 0 saturated carbocycles. The summed E-state index contributed by atoms with van der Waals surface area (Å²) in [6.45, 7) is 0. The zero-order chi connectivity index (χ0) is 20.4. The van der Waals surface area contributed by atoms with Crippen LogP contribution in [-0.4, -0.2) is 33.4 Å². The molecule has 0 unspecified atom stereocenters. The quantitative estimate of drug-likeness (QED) is 0.486. The summed E-state index contributed by atoms with van der Waals surface area (Å²) in [7, 11) is 0. The van der Waals surface area contributed by atoms with Gasteiger partial charge in [-0.1, -0.05) is 36.4 Å². The van der Waals surface area contributed by atoms with E-state index in [0.717, 1.165) is 10.5 Å². The van der Waals surface area contributed by atoms with Gasteiger partial charge in [0.05, 0.1) is 0 Å². The highest BCUT2D eigenvalue weighted by molar-refractivity contribution is 7.98. The van der Waals surface area contributed by atoms with E-state index >= 15 is 0 Å². The number of H-pyrrole nitrogens is 1. The Morgan fingerprint density at radius 3 is 2.04 bits per heavy atom. The molecule has 3 rings (SSSR count). The van der Waals surface area contributed by atoms with Crippen LogP contribution in [0.5, 0.6) is 0 Å². The minimum atomic E-state index is -1.54. The van der Waals surface area contributed by atoms with Crippen LogP contribution in [0.15, 0.2) is 58.2 Å². The molecule has 28 heavy (non-hydrogen) atoms. The van der Waals surface area contributed by atoms with Crippen LogP contribution in [0, 0.1) is 0 Å². The molecule has 7 nitrogen and oxygen atoms in total. The van der Waals surface area contributed by atoms with Crippen molar-refractivity contribution >= 4 is 29.5 Å². The van der Waals surface area contributed by atoms with Crippen LogP contribution in [0.3, 0.4) is 0 Å². The van der Waals surface area contributed by atoms with E-state index in [9.17, 15) is 24.6 Å². The smallest absolute Gasteiger partial charge is 0.342 e. The van der Waals surface area contributed by atoms with Gasteiger partial charge in [0.1, 0.15) is 16.9 Å². The molecule has 0 radical (unpaired) electrons. The largest absolute Gasteiger partial charge is 0.478 e. The fraction of sp³-hybridized carbons (Fsp3) is 0.0500. The van der Waals surface area contributed by atoms with Crippen LogP contribution >= 0.6 is 11.8 Å². The standard InChI is InChI=1S/C20H16N2O5S/c1-28-11-8-6-10(7-9-11)12-4-2-3-5-13(12)14-15(19(24)25)17(21)22-18(23)16(14)20(26)27/h2-9H,1H3,(H,24,25)(H,26,27)(H3,21,22,23). The number of pyridine rings is 1. The summed E-state index contributed by atoms with van der Waals surface area (Å²) in [5.41, 5.74) is 5.06. The van der Waals surface area contributed by atoms with E-state index in [-0.39, 0.29) is 5.56 Å². The first kappa shape index (κ1) is 19.2. The number of carboxylic acid groups (broad SMARTS) is 2. The molecule has 0 saturated heterocycles. The van der Waals surface area contributed by atoms with Crippen molar-refractivity contribution in [2.75, 3.05) is 12.0 Å². The van der Waals surface area contributed by atoms with Crippen molar-refractivity contribution in [3.05, 3.63) is 70.0 Å². The van der Waals surface area contributed by atoms with E-state index in [4.69, 9.17) is 5.73 Å². The van der Waals surface area contributed by atoms with E-state index in [1.54, 1.807) is 36.0 Å². The Bertz CT molecular complexity index is 1140. The number of thioether (sulfide) groups is 1. The average Bonchev–Trinajstić information content (AvgIpc) is 2.66. The minimum absolute atomic E-state index is 0.217. The molecule has 0 bridgehead atoms. The second kappa shape index (κ2) is 7.61. The van der Waals surface area contributed by atoms with Crippen LogP contribution in [0.4, 0.5) is 5.82 Å². The van der Waals surface area contributed by atoms with E-state index in [1.807, 2.05) is 30.5 Å². The number of hydrogen-bond acceptors (Lipinski definition) is 5. The summed E-state index contributed by atoms with van der Waals surface area (Å²) in [6.07, 6.45) is 1.94. The highest BCUT2D eigenvalue weighted by atomic mass is 32.2. The summed E-state index contributed by atoms with van der Waals surface area (Å²) in [6, 6.07) is 14.2. The first-order valence-corrected chi connectivity index (χ1v) is 9.33. The number of nitrogens with one attached hydrogen (secondary N) is 1. The summed E-state index contributed by atoms with van der Waals surface area (Å²) >= 11 is 1.57. The molecule has 0 amide bonds. The number of aromatic amines is 1. The highest BCUT2D eigenvalue weighted by Gasteiger charge is 2.27. The molecule has 0 fully saturated rings. The lowest BCUT2D eigenvalue weighted by Gasteiger charge is -2.16. The summed E-state index contributed by atoms with van der Waals surface area (Å²) in [4.78, 5) is 39.0. The number of nitrogen functional groups attached to an aromatic ring is 1. The van der Waals surface area contributed by atoms with Gasteiger partial charge in [0.2, 0.25) is 0 Å². The van der Waals surface area contributed by atoms with Gasteiger partial charge in [0.15, 0.2) is 0 Å². The summed E-state index contributed by atoms with van der Waals surface area (Å²) in [5.74, 6) is -3.37. The number of benzene rings is 2. The lowest BCUT2D eigenvalue weighted by molar-refractivity contribution is 0.0695. The molecule has 2 aromatic carbocycles. The van der Waals surface area contributed by atoms with Gasteiger partial charge in [0, 0.05) is 10.5 Å². The van der Waals surface area contributed by atoms with E-state index < -0.39 is 34.4 Å². The van der Waals surface area contributed by atoms with Crippen molar-refractivity contribution in [3.63, 3.8) is 0 Å². The third-order valence-electron chi connectivity index (χ3n) is 4.27. The zero-order valence-electron chi connectivity index (χ0n) is 14.7. The number of carboxylic acids is 2. The molecule has 0 spiro atoms. The predicted octanol–water partition coefficient (Wildman–Crippen LogP) is 3.41. The third-order valence-corrected chi connectivity index (χ3v) is 5.01. The lowest BCUT2D eigenvalue weighted by Crippen LogP contribution is -2.24. The van der Waals surface area contributed by atoms with Gasteiger partial charge in [-0.25, -0.2) is 9.59 Å². The molecular formula is C20H16N2O5S. The van der Waals surface area contributed by atoms with Gasteiger partial charge in [-0.15, -0.1) is 11.8 Å². The third kappa shape index (κ3) is 3.37. The Hall–Kier alpha value is -3.52. The Kier molecular flexibility index (Phi) is 5.23. The molecule has 0 aliphatic carbocycles. The topological polar surface area (TPSA) is 133 Å². The molecule has 3 aromatic rings. The molecule has 1 aromatic heterocycles. The van der Waals surface area contributed by atoms with Gasteiger partial charge in [-0.05, 0) is 35.1 Å². The molecular weight excluding hydrogens is 380 g/mol. The second-order valence-electron chi connectivity index (χ2n) is 5.88. The fourth-order valence-corrected chi connectivity index (χ4v) is 3.45. The minimum Gasteiger partial charge on any atom is -0.478 e. The molecule has 5 N–H and O–H groups in total. The lowest BCUT2D eigenvalue weighted by atomic mass is 9.89. The van der Waals surface area contributed by atoms with Crippen LogP contribution < -0.4 is 11.3 Å². The summed E-state index contributed by atoms with van der Waals surface area (Å²) < 4.78 is 0. The fourth-order valence-electron chi connectivity index (χ4n) is 3.04. The maximum absolute atomic E-state index is 12.3. The van der Waals surface area contributed by atoms with Crippen molar-refractivity contribution in [1.82, 2.24) is 4.98 Å². The first-order valence-electron chi connectivity index (χ1n) is 8.11. The van der Waals surface area contributed by atoms with E-state index in [2.05, 4.69) is 4.98 Å². The van der Waals surface area contributed by atoms with Gasteiger partial charge >= 0.3 is 11.9 Å². The number of aromatic carboxylic acids is 2.